The van der Waals surface area contributed by atoms with Crippen LogP contribution in [-0.4, -0.2) is 34.0 Å². The minimum atomic E-state index is -3.82. The number of H-pyrrole nitrogens is 1. The van der Waals surface area contributed by atoms with Crippen molar-refractivity contribution in [3.05, 3.63) is 72.3 Å². The predicted molar refractivity (Wildman–Crippen MR) is 104 cm³/mol. The van der Waals surface area contributed by atoms with Crippen LogP contribution in [0.3, 0.4) is 0 Å². The lowest BCUT2D eigenvalue weighted by Gasteiger charge is -2.13. The molecule has 0 aliphatic rings. The average Bonchev–Trinajstić information content (AvgIpc) is 3.29. The molecule has 4 rings (SSSR count). The molecular formula is C19H16N4O4S. The van der Waals surface area contributed by atoms with Gasteiger partial charge in [0.15, 0.2) is 0 Å². The number of rotatable bonds is 5. The summed E-state index contributed by atoms with van der Waals surface area (Å²) in [6, 6.07) is 11.4. The predicted octanol–water partition coefficient (Wildman–Crippen LogP) is 3.16. The molecule has 0 spiro atoms. The molecule has 0 amide bonds. The first-order chi connectivity index (χ1) is 13.4. The van der Waals surface area contributed by atoms with Gasteiger partial charge >= 0.3 is 5.97 Å². The fourth-order valence-corrected chi connectivity index (χ4v) is 4.33. The van der Waals surface area contributed by atoms with E-state index < -0.39 is 16.0 Å². The molecule has 142 valence electrons. The molecule has 0 unspecified atom stereocenters. The second-order valence-corrected chi connectivity index (χ2v) is 7.88. The first-order valence-electron chi connectivity index (χ1n) is 8.33. The number of fused-ring (bicyclic) bond motifs is 1. The topological polar surface area (TPSA) is 117 Å². The van der Waals surface area contributed by atoms with E-state index in [0.717, 1.165) is 5.56 Å². The maximum Gasteiger partial charge on any atom is 0.352 e. The number of hydrogen-bond acceptors (Lipinski definition) is 4. The number of pyridine rings is 1. The zero-order valence-electron chi connectivity index (χ0n) is 14.7. The van der Waals surface area contributed by atoms with Crippen molar-refractivity contribution in [2.45, 2.75) is 11.8 Å². The van der Waals surface area contributed by atoms with E-state index in [0.29, 0.717) is 22.4 Å². The molecular weight excluding hydrogens is 380 g/mol. The van der Waals surface area contributed by atoms with Crippen LogP contribution < -0.4 is 4.72 Å². The maximum atomic E-state index is 12.8. The zero-order chi connectivity index (χ0) is 19.9. The van der Waals surface area contributed by atoms with Crippen molar-refractivity contribution < 1.29 is 18.3 Å². The number of nitrogens with one attached hydrogen (secondary N) is 2. The van der Waals surface area contributed by atoms with Gasteiger partial charge in [-0.3, -0.25) is 4.72 Å². The second kappa shape index (κ2) is 6.54. The highest BCUT2D eigenvalue weighted by Crippen LogP contribution is 2.26. The number of anilines is 1. The number of sulfonamides is 1. The number of aromatic nitrogens is 3. The highest BCUT2D eigenvalue weighted by molar-refractivity contribution is 7.93. The molecule has 8 nitrogen and oxygen atoms in total. The highest BCUT2D eigenvalue weighted by atomic mass is 32.2. The molecule has 0 bridgehead atoms. The highest BCUT2D eigenvalue weighted by Gasteiger charge is 2.20. The van der Waals surface area contributed by atoms with E-state index in [-0.39, 0.29) is 10.6 Å². The van der Waals surface area contributed by atoms with Crippen molar-refractivity contribution in [3.8, 4) is 5.69 Å². The van der Waals surface area contributed by atoms with Crippen molar-refractivity contribution >= 4 is 32.7 Å². The molecule has 0 aliphatic heterocycles. The first-order valence-corrected chi connectivity index (χ1v) is 9.82. The molecule has 0 fully saturated rings. The van der Waals surface area contributed by atoms with Crippen LogP contribution in [0.1, 0.15) is 16.1 Å². The Balaban J connectivity index is 1.68. The summed E-state index contributed by atoms with van der Waals surface area (Å²) >= 11 is 0. The number of nitrogens with zero attached hydrogens (tertiary/aromatic N) is 2. The number of hydrogen-bond donors (Lipinski definition) is 3. The van der Waals surface area contributed by atoms with Gasteiger partial charge in [-0.1, -0.05) is 0 Å². The number of aromatic carboxylic acids is 1. The lowest BCUT2D eigenvalue weighted by molar-refractivity contribution is 0.0688. The summed E-state index contributed by atoms with van der Waals surface area (Å²) in [5.41, 5.74) is 2.37. The van der Waals surface area contributed by atoms with E-state index in [1.165, 1.54) is 12.3 Å². The van der Waals surface area contributed by atoms with Gasteiger partial charge in [-0.05, 0) is 55.0 Å². The van der Waals surface area contributed by atoms with Crippen molar-refractivity contribution in [3.63, 3.8) is 0 Å². The van der Waals surface area contributed by atoms with Crippen LogP contribution in [-0.2, 0) is 10.0 Å². The van der Waals surface area contributed by atoms with Crippen molar-refractivity contribution in [1.29, 1.82) is 0 Å². The van der Waals surface area contributed by atoms with Gasteiger partial charge in [0.1, 0.15) is 16.2 Å². The summed E-state index contributed by atoms with van der Waals surface area (Å²) in [6.45, 7) is 1.79. The lowest BCUT2D eigenvalue weighted by atomic mass is 10.1. The van der Waals surface area contributed by atoms with E-state index in [1.807, 2.05) is 0 Å². The third-order valence-corrected chi connectivity index (χ3v) is 5.80. The van der Waals surface area contributed by atoms with Gasteiger partial charge < -0.3 is 14.7 Å². The summed E-state index contributed by atoms with van der Waals surface area (Å²) in [5.74, 6) is -1.04. The molecule has 3 heterocycles. The normalized spacial score (nSPS) is 11.6. The third kappa shape index (κ3) is 3.01. The summed E-state index contributed by atoms with van der Waals surface area (Å²) in [5, 5.41) is 9.79. The van der Waals surface area contributed by atoms with E-state index in [1.54, 1.807) is 60.3 Å². The standard InChI is InChI=1S/C19H16N4O4S/c1-12-10-13(6-7-15(12)23-9-3-5-16(23)19(24)25)22-28(26,27)17-11-21-18-14(17)4-2-8-20-18/h2-11,22H,1H3,(H,20,21)(H,24,25). The Bertz CT molecular complexity index is 1300. The van der Waals surface area contributed by atoms with Crippen LogP contribution in [0.2, 0.25) is 0 Å². The van der Waals surface area contributed by atoms with Gasteiger partial charge in [0.05, 0.1) is 0 Å². The number of benzene rings is 1. The van der Waals surface area contributed by atoms with Crippen molar-refractivity contribution in [1.82, 2.24) is 14.5 Å². The van der Waals surface area contributed by atoms with E-state index in [9.17, 15) is 18.3 Å². The monoisotopic (exact) mass is 396 g/mol. The molecule has 0 atom stereocenters. The lowest BCUT2D eigenvalue weighted by Crippen LogP contribution is -2.13. The van der Waals surface area contributed by atoms with Crippen LogP contribution in [0.5, 0.6) is 0 Å². The number of aromatic amines is 1. The Labute approximate surface area is 160 Å². The summed E-state index contributed by atoms with van der Waals surface area (Å²) in [7, 11) is -3.82. The van der Waals surface area contributed by atoms with Crippen LogP contribution >= 0.6 is 0 Å². The first kappa shape index (κ1) is 17.8. The van der Waals surface area contributed by atoms with Crippen LogP contribution in [0.25, 0.3) is 16.7 Å². The van der Waals surface area contributed by atoms with Gasteiger partial charge in [-0.2, -0.15) is 0 Å². The smallest absolute Gasteiger partial charge is 0.352 e. The Kier molecular flexibility index (Phi) is 4.16. The Hall–Kier alpha value is -3.59. The van der Waals surface area contributed by atoms with Gasteiger partial charge in [-0.15, -0.1) is 0 Å². The molecule has 4 aromatic rings. The third-order valence-electron chi connectivity index (χ3n) is 4.38. The van der Waals surface area contributed by atoms with Crippen molar-refractivity contribution in [2.24, 2.45) is 0 Å². The fraction of sp³-hybridized carbons (Fsp3) is 0.0526. The SMILES string of the molecule is Cc1cc(NS(=O)(=O)c2c[nH]c3ncccc23)ccc1-n1cccc1C(=O)O. The molecule has 0 saturated carbocycles. The average molecular weight is 396 g/mol. The number of carboxylic acids is 1. The van der Waals surface area contributed by atoms with Crippen LogP contribution in [0.4, 0.5) is 5.69 Å². The molecule has 9 heteroatoms. The molecule has 28 heavy (non-hydrogen) atoms. The van der Waals surface area contributed by atoms with Crippen LogP contribution in [0.15, 0.2) is 66.0 Å². The quantitative estimate of drug-likeness (QED) is 0.479. The Morgan fingerprint density at radius 3 is 2.79 bits per heavy atom. The molecule has 3 aromatic heterocycles. The van der Waals surface area contributed by atoms with Crippen molar-refractivity contribution in [2.75, 3.05) is 4.72 Å². The number of carboxylic acid groups (broad SMARTS) is 1. The minimum Gasteiger partial charge on any atom is -0.477 e. The minimum absolute atomic E-state index is 0.107. The van der Waals surface area contributed by atoms with E-state index in [4.69, 9.17) is 0 Å². The Morgan fingerprint density at radius 2 is 2.04 bits per heavy atom. The second-order valence-electron chi connectivity index (χ2n) is 6.23. The summed E-state index contributed by atoms with van der Waals surface area (Å²) in [4.78, 5) is 18.4. The molecule has 0 radical (unpaired) electrons. The van der Waals surface area contributed by atoms with Crippen LogP contribution in [0, 0.1) is 6.92 Å². The molecule has 3 N–H and O–H groups in total. The van der Waals surface area contributed by atoms with Gasteiger partial charge in [0, 0.05) is 35.4 Å². The van der Waals surface area contributed by atoms with E-state index >= 15 is 0 Å². The summed E-state index contributed by atoms with van der Waals surface area (Å²) in [6.07, 6.45) is 4.63. The van der Waals surface area contributed by atoms with Gasteiger partial charge in [0.25, 0.3) is 10.0 Å². The number of aryl methyl sites for hydroxylation is 1. The van der Waals surface area contributed by atoms with E-state index in [2.05, 4.69) is 14.7 Å². The molecule has 0 aliphatic carbocycles. The molecule has 0 saturated heterocycles. The Morgan fingerprint density at radius 1 is 1.21 bits per heavy atom. The zero-order valence-corrected chi connectivity index (χ0v) is 15.6. The summed E-state index contributed by atoms with van der Waals surface area (Å²) < 4.78 is 29.7. The maximum absolute atomic E-state index is 12.8. The van der Waals surface area contributed by atoms with Gasteiger partial charge in [-0.25, -0.2) is 18.2 Å². The fourth-order valence-electron chi connectivity index (χ4n) is 3.12. The molecule has 1 aromatic carbocycles. The largest absolute Gasteiger partial charge is 0.477 e. The van der Waals surface area contributed by atoms with Gasteiger partial charge in [0.2, 0.25) is 0 Å². The number of carbonyl (C=O) groups is 1.